The largest absolute Gasteiger partial charge is 0.506 e. The van der Waals surface area contributed by atoms with E-state index in [2.05, 4.69) is 15.9 Å². The molecular formula is C10H6BrFO. The first-order valence-electron chi connectivity index (χ1n) is 3.76. The quantitative estimate of drug-likeness (QED) is 0.748. The molecule has 0 spiro atoms. The number of benzene rings is 2. The van der Waals surface area contributed by atoms with Gasteiger partial charge in [0, 0.05) is 10.8 Å². The summed E-state index contributed by atoms with van der Waals surface area (Å²) in [5.41, 5.74) is 0. The Bertz CT molecular complexity index is 468. The van der Waals surface area contributed by atoms with Gasteiger partial charge >= 0.3 is 0 Å². The lowest BCUT2D eigenvalue weighted by molar-refractivity contribution is 0.477. The average molecular weight is 241 g/mol. The average Bonchev–Trinajstić information content (AvgIpc) is 2.15. The zero-order valence-corrected chi connectivity index (χ0v) is 8.18. The van der Waals surface area contributed by atoms with Gasteiger partial charge in [-0.1, -0.05) is 24.3 Å². The molecule has 0 bridgehead atoms. The minimum Gasteiger partial charge on any atom is -0.506 e. The fourth-order valence-electron chi connectivity index (χ4n) is 1.28. The normalized spacial score (nSPS) is 10.6. The lowest BCUT2D eigenvalue weighted by Crippen LogP contribution is -1.81. The fraction of sp³-hybridized carbons (Fsp3) is 0. The molecule has 0 fully saturated rings. The Kier molecular flexibility index (Phi) is 1.96. The van der Waals surface area contributed by atoms with Crippen molar-refractivity contribution in [3.63, 3.8) is 0 Å². The lowest BCUT2D eigenvalue weighted by atomic mass is 10.1. The Hall–Kier alpha value is -1.09. The van der Waals surface area contributed by atoms with Crippen LogP contribution in [0.4, 0.5) is 4.39 Å². The summed E-state index contributed by atoms with van der Waals surface area (Å²) in [5, 5.41) is 10.5. The molecule has 0 saturated heterocycles. The number of rotatable bonds is 0. The van der Waals surface area contributed by atoms with Crippen molar-refractivity contribution in [3.05, 3.63) is 40.6 Å². The van der Waals surface area contributed by atoms with E-state index in [-0.39, 0.29) is 11.6 Å². The van der Waals surface area contributed by atoms with Crippen molar-refractivity contribution in [1.82, 2.24) is 0 Å². The maximum Gasteiger partial charge on any atom is 0.137 e. The second kappa shape index (κ2) is 3.00. The van der Waals surface area contributed by atoms with E-state index in [1.165, 1.54) is 6.07 Å². The zero-order chi connectivity index (χ0) is 9.42. The van der Waals surface area contributed by atoms with Crippen molar-refractivity contribution in [3.8, 4) is 5.75 Å². The Morgan fingerprint density at radius 1 is 1.15 bits per heavy atom. The molecule has 0 unspecified atom stereocenters. The van der Waals surface area contributed by atoms with Crippen LogP contribution in [-0.2, 0) is 0 Å². The first-order valence-corrected chi connectivity index (χ1v) is 4.55. The van der Waals surface area contributed by atoms with E-state index in [0.717, 1.165) is 0 Å². The fourth-order valence-corrected chi connectivity index (χ4v) is 1.70. The van der Waals surface area contributed by atoms with Crippen molar-refractivity contribution in [2.45, 2.75) is 0 Å². The lowest BCUT2D eigenvalue weighted by Gasteiger charge is -2.03. The van der Waals surface area contributed by atoms with Gasteiger partial charge in [0.2, 0.25) is 0 Å². The van der Waals surface area contributed by atoms with Crippen molar-refractivity contribution < 1.29 is 9.50 Å². The molecule has 0 aromatic heterocycles. The van der Waals surface area contributed by atoms with Crippen LogP contribution in [0, 0.1) is 5.82 Å². The predicted octanol–water partition coefficient (Wildman–Crippen LogP) is 3.45. The van der Waals surface area contributed by atoms with Gasteiger partial charge in [-0.25, -0.2) is 4.39 Å². The smallest absolute Gasteiger partial charge is 0.137 e. The van der Waals surface area contributed by atoms with Crippen molar-refractivity contribution >= 4 is 26.7 Å². The van der Waals surface area contributed by atoms with Crippen molar-refractivity contribution in [2.75, 3.05) is 0 Å². The maximum absolute atomic E-state index is 13.3. The Labute approximate surface area is 82.9 Å². The second-order valence-electron chi connectivity index (χ2n) is 2.73. The molecule has 1 N–H and O–H groups in total. The molecule has 0 aliphatic rings. The van der Waals surface area contributed by atoms with Gasteiger partial charge in [-0.3, -0.25) is 0 Å². The molecule has 0 aliphatic carbocycles. The monoisotopic (exact) mass is 240 g/mol. The van der Waals surface area contributed by atoms with Crippen LogP contribution in [0.3, 0.4) is 0 Å². The molecule has 0 saturated carbocycles. The number of hydrogen-bond donors (Lipinski definition) is 1. The number of hydrogen-bond acceptors (Lipinski definition) is 1. The predicted molar refractivity (Wildman–Crippen MR) is 53.3 cm³/mol. The number of aromatic hydroxyl groups is 1. The van der Waals surface area contributed by atoms with Crippen LogP contribution in [0.25, 0.3) is 10.8 Å². The highest BCUT2D eigenvalue weighted by atomic mass is 79.9. The van der Waals surface area contributed by atoms with Gasteiger partial charge in [-0.05, 0) is 22.0 Å². The highest BCUT2D eigenvalue weighted by Gasteiger charge is 2.08. The summed E-state index contributed by atoms with van der Waals surface area (Å²) < 4.78 is 13.7. The first kappa shape index (κ1) is 8.51. The standard InChI is InChI=1S/C10H6BrFO/c11-8-5-9(12)6-3-1-2-4-7(6)10(8)13/h1-5,13H. The first-order chi connectivity index (χ1) is 6.20. The molecule has 1 nitrogen and oxygen atoms in total. The van der Waals surface area contributed by atoms with E-state index in [9.17, 15) is 9.50 Å². The van der Waals surface area contributed by atoms with Crippen LogP contribution in [-0.4, -0.2) is 5.11 Å². The molecule has 2 aromatic rings. The van der Waals surface area contributed by atoms with E-state index in [1.54, 1.807) is 24.3 Å². The SMILES string of the molecule is Oc1c(Br)cc(F)c2ccccc12. The Balaban J connectivity index is 2.97. The van der Waals surface area contributed by atoms with Gasteiger partial charge in [0.05, 0.1) is 4.47 Å². The molecule has 66 valence electrons. The Morgan fingerprint density at radius 2 is 1.77 bits per heavy atom. The number of halogens is 2. The van der Waals surface area contributed by atoms with Crippen molar-refractivity contribution in [2.24, 2.45) is 0 Å². The Morgan fingerprint density at radius 3 is 2.46 bits per heavy atom. The van der Waals surface area contributed by atoms with Crippen molar-refractivity contribution in [1.29, 1.82) is 0 Å². The van der Waals surface area contributed by atoms with Crippen LogP contribution in [0.2, 0.25) is 0 Å². The van der Waals surface area contributed by atoms with Gasteiger partial charge < -0.3 is 5.11 Å². The summed E-state index contributed by atoms with van der Waals surface area (Å²) in [6, 6.07) is 8.07. The summed E-state index contributed by atoms with van der Waals surface area (Å²) in [6.45, 7) is 0. The summed E-state index contributed by atoms with van der Waals surface area (Å²) >= 11 is 3.08. The minimum atomic E-state index is -0.333. The third kappa shape index (κ3) is 1.29. The molecule has 0 atom stereocenters. The molecule has 13 heavy (non-hydrogen) atoms. The second-order valence-corrected chi connectivity index (χ2v) is 3.59. The highest BCUT2D eigenvalue weighted by Crippen LogP contribution is 2.33. The molecule has 2 aromatic carbocycles. The van der Waals surface area contributed by atoms with E-state index >= 15 is 0 Å². The number of phenolic OH excluding ortho intramolecular Hbond substituents is 1. The number of fused-ring (bicyclic) bond motifs is 1. The van der Waals surface area contributed by atoms with Gasteiger partial charge in [0.25, 0.3) is 0 Å². The molecule has 0 heterocycles. The van der Waals surface area contributed by atoms with Crippen LogP contribution in [0.15, 0.2) is 34.8 Å². The number of phenols is 1. The van der Waals surface area contributed by atoms with Crippen LogP contribution < -0.4 is 0 Å². The van der Waals surface area contributed by atoms with E-state index in [0.29, 0.717) is 15.2 Å². The van der Waals surface area contributed by atoms with E-state index in [4.69, 9.17) is 0 Å². The van der Waals surface area contributed by atoms with Gasteiger partial charge in [-0.2, -0.15) is 0 Å². The maximum atomic E-state index is 13.3. The summed E-state index contributed by atoms with van der Waals surface area (Å²) in [4.78, 5) is 0. The van der Waals surface area contributed by atoms with E-state index in [1.807, 2.05) is 0 Å². The summed E-state index contributed by atoms with van der Waals surface area (Å²) in [5.74, 6) is -0.253. The summed E-state index contributed by atoms with van der Waals surface area (Å²) in [7, 11) is 0. The molecule has 0 amide bonds. The molecule has 0 aliphatic heterocycles. The molecule has 2 rings (SSSR count). The van der Waals surface area contributed by atoms with Crippen LogP contribution in [0.5, 0.6) is 5.75 Å². The third-order valence-corrected chi connectivity index (χ3v) is 2.52. The minimum absolute atomic E-state index is 0.0806. The van der Waals surface area contributed by atoms with Gasteiger partial charge in [0.15, 0.2) is 0 Å². The summed E-state index contributed by atoms with van der Waals surface area (Å²) in [6.07, 6.45) is 0. The molecule has 0 radical (unpaired) electrons. The zero-order valence-electron chi connectivity index (χ0n) is 6.59. The molecular weight excluding hydrogens is 235 g/mol. The highest BCUT2D eigenvalue weighted by molar-refractivity contribution is 9.10. The van der Waals surface area contributed by atoms with Crippen LogP contribution in [0.1, 0.15) is 0 Å². The van der Waals surface area contributed by atoms with Crippen LogP contribution >= 0.6 is 15.9 Å². The van der Waals surface area contributed by atoms with Gasteiger partial charge in [-0.15, -0.1) is 0 Å². The van der Waals surface area contributed by atoms with E-state index < -0.39 is 0 Å². The van der Waals surface area contributed by atoms with Gasteiger partial charge in [0.1, 0.15) is 11.6 Å². The third-order valence-electron chi connectivity index (χ3n) is 1.92. The molecule has 3 heteroatoms. The topological polar surface area (TPSA) is 20.2 Å².